The summed E-state index contributed by atoms with van der Waals surface area (Å²) in [5, 5.41) is 13.8. The van der Waals surface area contributed by atoms with Gasteiger partial charge in [-0.3, -0.25) is 4.79 Å². The maximum atomic E-state index is 11.4. The van der Waals surface area contributed by atoms with Crippen LogP contribution in [0.4, 0.5) is 4.79 Å². The number of aromatic amines is 1. The Bertz CT molecular complexity index is 364. The Kier molecular flexibility index (Phi) is 4.99. The number of amides is 2. The SMILES string of the molecule is CC(CCC(=O)O)NC(=O)NCc1cnc[nH]1. The number of imidazole rings is 1. The molecule has 0 spiro atoms. The number of rotatable bonds is 6. The molecule has 1 atom stereocenters. The molecule has 17 heavy (non-hydrogen) atoms. The summed E-state index contributed by atoms with van der Waals surface area (Å²) in [5.74, 6) is -0.864. The fourth-order valence-corrected chi connectivity index (χ4v) is 1.24. The fourth-order valence-electron chi connectivity index (χ4n) is 1.24. The molecule has 0 aliphatic heterocycles. The van der Waals surface area contributed by atoms with Crippen LogP contribution >= 0.6 is 0 Å². The smallest absolute Gasteiger partial charge is 0.315 e. The number of carboxylic acids is 1. The van der Waals surface area contributed by atoms with Crippen molar-refractivity contribution in [1.82, 2.24) is 20.6 Å². The summed E-state index contributed by atoms with van der Waals surface area (Å²) in [7, 11) is 0. The van der Waals surface area contributed by atoms with Crippen molar-refractivity contribution in [2.24, 2.45) is 0 Å². The first kappa shape index (κ1) is 13.0. The van der Waals surface area contributed by atoms with Gasteiger partial charge in [-0.2, -0.15) is 0 Å². The van der Waals surface area contributed by atoms with E-state index in [1.807, 2.05) is 0 Å². The second-order valence-electron chi connectivity index (χ2n) is 3.74. The molecule has 0 fully saturated rings. The Morgan fingerprint density at radius 2 is 2.35 bits per heavy atom. The highest BCUT2D eigenvalue weighted by Gasteiger charge is 2.08. The van der Waals surface area contributed by atoms with E-state index >= 15 is 0 Å². The van der Waals surface area contributed by atoms with Crippen molar-refractivity contribution >= 4 is 12.0 Å². The van der Waals surface area contributed by atoms with Crippen molar-refractivity contribution in [3.05, 3.63) is 18.2 Å². The molecule has 0 aliphatic carbocycles. The van der Waals surface area contributed by atoms with Crippen molar-refractivity contribution in [3.63, 3.8) is 0 Å². The zero-order valence-corrected chi connectivity index (χ0v) is 9.56. The van der Waals surface area contributed by atoms with Crippen LogP contribution in [0.15, 0.2) is 12.5 Å². The van der Waals surface area contributed by atoms with Gasteiger partial charge in [0.05, 0.1) is 18.6 Å². The van der Waals surface area contributed by atoms with Gasteiger partial charge in [0.1, 0.15) is 0 Å². The lowest BCUT2D eigenvalue weighted by Crippen LogP contribution is -2.40. The predicted molar refractivity (Wildman–Crippen MR) is 60.3 cm³/mol. The molecule has 1 unspecified atom stereocenters. The molecule has 2 amide bonds. The van der Waals surface area contributed by atoms with Gasteiger partial charge in [-0.05, 0) is 13.3 Å². The molecule has 0 saturated carbocycles. The number of carboxylic acid groups (broad SMARTS) is 1. The number of nitrogens with zero attached hydrogens (tertiary/aromatic N) is 1. The molecule has 1 heterocycles. The van der Waals surface area contributed by atoms with E-state index in [0.29, 0.717) is 13.0 Å². The zero-order chi connectivity index (χ0) is 12.7. The molecule has 0 bridgehead atoms. The lowest BCUT2D eigenvalue weighted by Gasteiger charge is -2.13. The van der Waals surface area contributed by atoms with Crippen molar-refractivity contribution < 1.29 is 14.7 Å². The highest BCUT2D eigenvalue weighted by atomic mass is 16.4. The van der Waals surface area contributed by atoms with E-state index < -0.39 is 5.97 Å². The minimum absolute atomic E-state index is 0.0436. The first-order valence-corrected chi connectivity index (χ1v) is 5.31. The van der Waals surface area contributed by atoms with Gasteiger partial charge in [-0.25, -0.2) is 9.78 Å². The number of carbonyl (C=O) groups excluding carboxylic acids is 1. The number of aromatic nitrogens is 2. The molecule has 94 valence electrons. The molecule has 0 saturated heterocycles. The van der Waals surface area contributed by atoms with Crippen LogP contribution in [-0.4, -0.2) is 33.1 Å². The Morgan fingerprint density at radius 3 is 2.94 bits per heavy atom. The van der Waals surface area contributed by atoms with Gasteiger partial charge in [-0.15, -0.1) is 0 Å². The fraction of sp³-hybridized carbons (Fsp3) is 0.500. The van der Waals surface area contributed by atoms with Gasteiger partial charge in [0.15, 0.2) is 0 Å². The zero-order valence-electron chi connectivity index (χ0n) is 9.56. The molecular formula is C10H16N4O3. The molecule has 1 rings (SSSR count). The number of hydrogen-bond donors (Lipinski definition) is 4. The van der Waals surface area contributed by atoms with Crippen LogP contribution in [-0.2, 0) is 11.3 Å². The Morgan fingerprint density at radius 1 is 1.59 bits per heavy atom. The Balaban J connectivity index is 2.18. The third kappa shape index (κ3) is 5.55. The first-order valence-electron chi connectivity index (χ1n) is 5.31. The van der Waals surface area contributed by atoms with Gasteiger partial charge in [0.25, 0.3) is 0 Å². The van der Waals surface area contributed by atoms with Crippen molar-refractivity contribution in [2.75, 3.05) is 0 Å². The molecule has 0 radical (unpaired) electrons. The van der Waals surface area contributed by atoms with E-state index in [1.165, 1.54) is 6.33 Å². The Hall–Kier alpha value is -2.05. The second-order valence-corrected chi connectivity index (χ2v) is 3.74. The minimum Gasteiger partial charge on any atom is -0.481 e. The van der Waals surface area contributed by atoms with Gasteiger partial charge in [0, 0.05) is 18.7 Å². The number of carbonyl (C=O) groups is 2. The summed E-state index contributed by atoms with van der Waals surface area (Å²) >= 11 is 0. The maximum absolute atomic E-state index is 11.4. The summed E-state index contributed by atoms with van der Waals surface area (Å²) in [6.07, 6.45) is 3.60. The maximum Gasteiger partial charge on any atom is 0.315 e. The van der Waals surface area contributed by atoms with Crippen LogP contribution in [0.1, 0.15) is 25.5 Å². The summed E-state index contributed by atoms with van der Waals surface area (Å²) in [6, 6.07) is -0.495. The number of nitrogens with one attached hydrogen (secondary N) is 3. The quantitative estimate of drug-likeness (QED) is 0.579. The number of urea groups is 1. The van der Waals surface area contributed by atoms with Crippen LogP contribution in [0.5, 0.6) is 0 Å². The van der Waals surface area contributed by atoms with E-state index in [-0.39, 0.29) is 18.5 Å². The highest BCUT2D eigenvalue weighted by Crippen LogP contribution is 1.96. The molecule has 1 aromatic heterocycles. The highest BCUT2D eigenvalue weighted by molar-refractivity contribution is 5.74. The van der Waals surface area contributed by atoms with Crippen LogP contribution in [0.25, 0.3) is 0 Å². The Labute approximate surface area is 98.6 Å². The van der Waals surface area contributed by atoms with Gasteiger partial charge >= 0.3 is 12.0 Å². The van der Waals surface area contributed by atoms with Gasteiger partial charge in [-0.1, -0.05) is 0 Å². The van der Waals surface area contributed by atoms with Crippen LogP contribution in [0.2, 0.25) is 0 Å². The number of H-pyrrole nitrogens is 1. The largest absolute Gasteiger partial charge is 0.481 e. The molecule has 0 aromatic carbocycles. The topological polar surface area (TPSA) is 107 Å². The van der Waals surface area contributed by atoms with Gasteiger partial charge < -0.3 is 20.7 Å². The van der Waals surface area contributed by atoms with Crippen molar-refractivity contribution in [1.29, 1.82) is 0 Å². The number of aliphatic carboxylic acids is 1. The minimum atomic E-state index is -0.864. The second kappa shape index (κ2) is 6.51. The van der Waals surface area contributed by atoms with E-state index in [4.69, 9.17) is 5.11 Å². The average molecular weight is 240 g/mol. The molecular weight excluding hydrogens is 224 g/mol. The van der Waals surface area contributed by atoms with E-state index in [1.54, 1.807) is 13.1 Å². The van der Waals surface area contributed by atoms with Crippen LogP contribution < -0.4 is 10.6 Å². The van der Waals surface area contributed by atoms with Gasteiger partial charge in [0.2, 0.25) is 0 Å². The predicted octanol–water partition coefficient (Wildman–Crippen LogP) is 0.462. The third-order valence-electron chi connectivity index (χ3n) is 2.16. The molecule has 4 N–H and O–H groups in total. The third-order valence-corrected chi connectivity index (χ3v) is 2.16. The van der Waals surface area contributed by atoms with Crippen molar-refractivity contribution in [2.45, 2.75) is 32.4 Å². The average Bonchev–Trinajstić information content (AvgIpc) is 2.76. The normalized spacial score (nSPS) is 11.8. The molecule has 0 aliphatic rings. The molecule has 7 heteroatoms. The molecule has 7 nitrogen and oxygen atoms in total. The summed E-state index contributed by atoms with van der Waals surface area (Å²) in [5.41, 5.74) is 0.804. The summed E-state index contributed by atoms with van der Waals surface area (Å²) in [6.45, 7) is 2.12. The summed E-state index contributed by atoms with van der Waals surface area (Å²) < 4.78 is 0. The monoisotopic (exact) mass is 240 g/mol. The van der Waals surface area contributed by atoms with Crippen LogP contribution in [0, 0.1) is 0 Å². The molecule has 1 aromatic rings. The summed E-state index contributed by atoms with van der Waals surface area (Å²) in [4.78, 5) is 28.4. The standard InChI is InChI=1S/C10H16N4O3/c1-7(2-3-9(15)16)14-10(17)12-5-8-4-11-6-13-8/h4,6-7H,2-3,5H2,1H3,(H,11,13)(H,15,16)(H2,12,14,17). The van der Waals surface area contributed by atoms with E-state index in [9.17, 15) is 9.59 Å². The van der Waals surface area contributed by atoms with E-state index in [0.717, 1.165) is 5.69 Å². The van der Waals surface area contributed by atoms with Crippen LogP contribution in [0.3, 0.4) is 0 Å². The lowest BCUT2D eigenvalue weighted by atomic mass is 10.2. The lowest BCUT2D eigenvalue weighted by molar-refractivity contribution is -0.137. The number of hydrogen-bond acceptors (Lipinski definition) is 3. The van der Waals surface area contributed by atoms with E-state index in [2.05, 4.69) is 20.6 Å². The first-order chi connectivity index (χ1) is 8.08. The van der Waals surface area contributed by atoms with Crippen molar-refractivity contribution in [3.8, 4) is 0 Å².